The van der Waals surface area contributed by atoms with Gasteiger partial charge in [-0.2, -0.15) is 0 Å². The van der Waals surface area contributed by atoms with E-state index in [0.29, 0.717) is 0 Å². The SMILES string of the molecule is COc1cccc(F)c1Oc1ccccc1NC(=O)Nc1nc(C(=O)O)cs1. The molecule has 1 heterocycles. The molecule has 0 radical (unpaired) electrons. The number of rotatable bonds is 6. The number of aromatic carboxylic acids is 1. The molecular formula is C18H14FN3O5S. The lowest BCUT2D eigenvalue weighted by Crippen LogP contribution is -2.19. The summed E-state index contributed by atoms with van der Waals surface area (Å²) in [6.45, 7) is 0. The first-order valence-corrected chi connectivity index (χ1v) is 8.72. The zero-order chi connectivity index (χ0) is 20.1. The summed E-state index contributed by atoms with van der Waals surface area (Å²) in [5, 5.41) is 15.3. The number of nitrogens with zero attached hydrogens (tertiary/aromatic N) is 1. The van der Waals surface area contributed by atoms with E-state index in [-0.39, 0.29) is 33.8 Å². The van der Waals surface area contributed by atoms with E-state index in [0.717, 1.165) is 11.3 Å². The number of anilines is 2. The van der Waals surface area contributed by atoms with Crippen molar-refractivity contribution in [2.45, 2.75) is 0 Å². The molecule has 2 amide bonds. The normalized spacial score (nSPS) is 10.2. The number of para-hydroxylation sites is 3. The molecule has 8 nitrogen and oxygen atoms in total. The fourth-order valence-corrected chi connectivity index (χ4v) is 2.88. The first-order chi connectivity index (χ1) is 13.5. The van der Waals surface area contributed by atoms with Gasteiger partial charge in [-0.1, -0.05) is 18.2 Å². The topological polar surface area (TPSA) is 110 Å². The zero-order valence-electron chi connectivity index (χ0n) is 14.4. The predicted molar refractivity (Wildman–Crippen MR) is 101 cm³/mol. The van der Waals surface area contributed by atoms with E-state index in [2.05, 4.69) is 15.6 Å². The Morgan fingerprint density at radius 2 is 1.86 bits per heavy atom. The number of nitrogens with one attached hydrogen (secondary N) is 2. The highest BCUT2D eigenvalue weighted by Crippen LogP contribution is 2.37. The summed E-state index contributed by atoms with van der Waals surface area (Å²) in [5.74, 6) is -1.55. The second-order valence-corrected chi connectivity index (χ2v) is 6.15. The van der Waals surface area contributed by atoms with Crippen LogP contribution in [0.25, 0.3) is 0 Å². The van der Waals surface area contributed by atoms with Crippen LogP contribution in [-0.2, 0) is 0 Å². The molecule has 144 valence electrons. The Labute approximate surface area is 162 Å². The Hall–Kier alpha value is -3.66. The quantitative estimate of drug-likeness (QED) is 0.562. The van der Waals surface area contributed by atoms with Crippen molar-refractivity contribution in [3.8, 4) is 17.2 Å². The van der Waals surface area contributed by atoms with Crippen molar-refractivity contribution in [3.63, 3.8) is 0 Å². The summed E-state index contributed by atoms with van der Waals surface area (Å²) in [5.41, 5.74) is 0.0935. The number of benzene rings is 2. The molecule has 0 aliphatic rings. The number of aromatic nitrogens is 1. The van der Waals surface area contributed by atoms with E-state index < -0.39 is 17.8 Å². The minimum atomic E-state index is -1.19. The number of urea groups is 1. The zero-order valence-corrected chi connectivity index (χ0v) is 15.2. The van der Waals surface area contributed by atoms with Gasteiger partial charge in [-0.15, -0.1) is 11.3 Å². The largest absolute Gasteiger partial charge is 0.493 e. The summed E-state index contributed by atoms with van der Waals surface area (Å²) < 4.78 is 24.8. The average Bonchev–Trinajstić information content (AvgIpc) is 3.13. The van der Waals surface area contributed by atoms with E-state index in [4.69, 9.17) is 14.6 Å². The molecule has 0 saturated heterocycles. The van der Waals surface area contributed by atoms with E-state index in [9.17, 15) is 14.0 Å². The number of ether oxygens (including phenoxy) is 2. The van der Waals surface area contributed by atoms with Crippen LogP contribution in [0.4, 0.5) is 20.0 Å². The van der Waals surface area contributed by atoms with Gasteiger partial charge in [0.2, 0.25) is 5.75 Å². The number of halogens is 1. The Bertz CT molecular complexity index is 1020. The highest BCUT2D eigenvalue weighted by molar-refractivity contribution is 7.14. The van der Waals surface area contributed by atoms with Gasteiger partial charge in [0.05, 0.1) is 12.8 Å². The van der Waals surface area contributed by atoms with Gasteiger partial charge >= 0.3 is 12.0 Å². The van der Waals surface area contributed by atoms with Crippen LogP contribution >= 0.6 is 11.3 Å². The maximum Gasteiger partial charge on any atom is 0.355 e. The Balaban J connectivity index is 1.77. The molecule has 0 aliphatic carbocycles. The second-order valence-electron chi connectivity index (χ2n) is 5.29. The molecule has 10 heteroatoms. The van der Waals surface area contributed by atoms with Gasteiger partial charge in [-0.3, -0.25) is 5.32 Å². The standard InChI is InChI=1S/C18H14FN3O5S/c1-26-14-8-4-5-10(19)15(14)27-13-7-3-2-6-11(13)20-17(25)22-18-21-12(9-28-18)16(23)24/h2-9H,1H3,(H,23,24)(H2,20,21,22,25). The van der Waals surface area contributed by atoms with Crippen LogP contribution in [-0.4, -0.2) is 29.2 Å². The number of thiazole rings is 1. The van der Waals surface area contributed by atoms with Gasteiger partial charge in [0, 0.05) is 5.38 Å². The molecule has 28 heavy (non-hydrogen) atoms. The lowest BCUT2D eigenvalue weighted by molar-refractivity contribution is 0.0691. The number of carboxylic acid groups (broad SMARTS) is 1. The number of hydrogen-bond donors (Lipinski definition) is 3. The Kier molecular flexibility index (Phi) is 5.70. The van der Waals surface area contributed by atoms with Crippen molar-refractivity contribution >= 4 is 34.2 Å². The molecule has 0 bridgehead atoms. The number of amides is 2. The maximum atomic E-state index is 14.1. The summed E-state index contributed by atoms with van der Waals surface area (Å²) in [7, 11) is 1.39. The smallest absolute Gasteiger partial charge is 0.355 e. The van der Waals surface area contributed by atoms with Crippen LogP contribution < -0.4 is 20.1 Å². The van der Waals surface area contributed by atoms with Crippen molar-refractivity contribution in [1.29, 1.82) is 0 Å². The molecule has 3 rings (SSSR count). The molecule has 0 unspecified atom stereocenters. The third-order valence-electron chi connectivity index (χ3n) is 3.44. The van der Waals surface area contributed by atoms with Crippen LogP contribution in [0.5, 0.6) is 17.2 Å². The van der Waals surface area contributed by atoms with Crippen molar-refractivity contribution in [2.75, 3.05) is 17.7 Å². The minimum absolute atomic E-state index is 0.115. The molecule has 3 N–H and O–H groups in total. The van der Waals surface area contributed by atoms with Crippen LogP contribution in [0.15, 0.2) is 47.8 Å². The monoisotopic (exact) mass is 403 g/mol. The molecule has 0 atom stereocenters. The third-order valence-corrected chi connectivity index (χ3v) is 4.20. The predicted octanol–water partition coefficient (Wildman–Crippen LogP) is 4.43. The molecule has 0 aliphatic heterocycles. The number of methoxy groups -OCH3 is 1. The third kappa shape index (κ3) is 4.35. The van der Waals surface area contributed by atoms with Gasteiger partial charge in [-0.25, -0.2) is 19.0 Å². The van der Waals surface area contributed by atoms with Gasteiger partial charge in [0.15, 0.2) is 28.1 Å². The second kappa shape index (κ2) is 8.35. The molecule has 0 saturated carbocycles. The van der Waals surface area contributed by atoms with E-state index in [1.54, 1.807) is 30.3 Å². The fraction of sp³-hybridized carbons (Fsp3) is 0.0556. The number of carbonyl (C=O) groups excluding carboxylic acids is 1. The fourth-order valence-electron chi connectivity index (χ4n) is 2.20. The van der Waals surface area contributed by atoms with Crippen LogP contribution in [0.2, 0.25) is 0 Å². The van der Waals surface area contributed by atoms with Crippen molar-refractivity contribution in [3.05, 3.63) is 59.4 Å². The molecule has 0 spiro atoms. The minimum Gasteiger partial charge on any atom is -0.493 e. The van der Waals surface area contributed by atoms with Crippen LogP contribution in [0, 0.1) is 5.82 Å². The number of hydrogen-bond acceptors (Lipinski definition) is 6. The first kappa shape index (κ1) is 19.1. The van der Waals surface area contributed by atoms with Gasteiger partial charge < -0.3 is 19.9 Å². The van der Waals surface area contributed by atoms with Gasteiger partial charge in [0.1, 0.15) is 0 Å². The van der Waals surface area contributed by atoms with Crippen molar-refractivity contribution < 1.29 is 28.6 Å². The van der Waals surface area contributed by atoms with Crippen molar-refractivity contribution in [2.24, 2.45) is 0 Å². The molecule has 0 fully saturated rings. The molecular weight excluding hydrogens is 389 g/mol. The van der Waals surface area contributed by atoms with Gasteiger partial charge in [0.25, 0.3) is 0 Å². The van der Waals surface area contributed by atoms with Gasteiger partial charge in [-0.05, 0) is 24.3 Å². The van der Waals surface area contributed by atoms with E-state index in [1.165, 1.54) is 24.6 Å². The molecule has 1 aromatic heterocycles. The number of carbonyl (C=O) groups is 2. The van der Waals surface area contributed by atoms with E-state index >= 15 is 0 Å². The van der Waals surface area contributed by atoms with Crippen LogP contribution in [0.3, 0.4) is 0 Å². The Morgan fingerprint density at radius 3 is 2.57 bits per heavy atom. The van der Waals surface area contributed by atoms with Crippen LogP contribution in [0.1, 0.15) is 10.5 Å². The summed E-state index contributed by atoms with van der Waals surface area (Å²) in [6.07, 6.45) is 0. The molecule has 3 aromatic rings. The summed E-state index contributed by atoms with van der Waals surface area (Å²) in [6, 6.07) is 10.0. The average molecular weight is 403 g/mol. The maximum absolute atomic E-state index is 14.1. The highest BCUT2D eigenvalue weighted by atomic mass is 32.1. The van der Waals surface area contributed by atoms with Crippen molar-refractivity contribution in [1.82, 2.24) is 4.98 Å². The lowest BCUT2D eigenvalue weighted by atomic mass is 10.2. The summed E-state index contributed by atoms with van der Waals surface area (Å²) >= 11 is 0.969. The highest BCUT2D eigenvalue weighted by Gasteiger charge is 2.16. The first-order valence-electron chi connectivity index (χ1n) is 7.84. The summed E-state index contributed by atoms with van der Waals surface area (Å²) in [4.78, 5) is 26.8. The van der Waals surface area contributed by atoms with E-state index in [1.807, 2.05) is 0 Å². The number of carboxylic acids is 1. The Morgan fingerprint density at radius 1 is 1.11 bits per heavy atom. The molecule has 2 aromatic carbocycles. The lowest BCUT2D eigenvalue weighted by Gasteiger charge is -2.14.